The minimum atomic E-state index is -0.857. The van der Waals surface area contributed by atoms with Gasteiger partial charge >= 0.3 is 5.97 Å². The van der Waals surface area contributed by atoms with Crippen molar-refractivity contribution >= 4 is 39.9 Å². The number of hydrogen-bond acceptors (Lipinski definition) is 4. The van der Waals surface area contributed by atoms with Crippen molar-refractivity contribution in [2.45, 2.75) is 31.7 Å². The maximum absolute atomic E-state index is 13.6. The van der Waals surface area contributed by atoms with Gasteiger partial charge in [0.25, 0.3) is 5.69 Å². The number of nitrogens with zero attached hydrogens (tertiary/aromatic N) is 1. The Morgan fingerprint density at radius 3 is 2.81 bits per heavy atom. The number of hydrogen-bond donors (Lipinski definition) is 2. The summed E-state index contributed by atoms with van der Waals surface area (Å²) in [5, 5.41) is 23.0. The molecule has 0 bridgehead atoms. The highest BCUT2D eigenvalue weighted by Gasteiger charge is 2.28. The second-order valence-electron chi connectivity index (χ2n) is 5.08. The molecule has 2 rings (SSSR count). The number of halogens is 2. The van der Waals surface area contributed by atoms with Crippen molar-refractivity contribution in [3.8, 4) is 0 Å². The van der Waals surface area contributed by atoms with Gasteiger partial charge in [-0.2, -0.15) is 0 Å². The van der Waals surface area contributed by atoms with Crippen LogP contribution in [0.5, 0.6) is 0 Å². The van der Waals surface area contributed by atoms with Gasteiger partial charge in [-0.05, 0) is 41.9 Å². The number of carbonyl (C=O) groups is 1. The molecule has 0 saturated heterocycles. The number of anilines is 1. The van der Waals surface area contributed by atoms with E-state index in [9.17, 15) is 19.3 Å². The van der Waals surface area contributed by atoms with Crippen molar-refractivity contribution < 1.29 is 19.2 Å². The lowest BCUT2D eigenvalue weighted by molar-refractivity contribution is -0.384. The van der Waals surface area contributed by atoms with E-state index in [1.807, 2.05) is 0 Å². The first-order valence-electron chi connectivity index (χ1n) is 6.51. The fourth-order valence-electron chi connectivity index (χ4n) is 2.57. The van der Waals surface area contributed by atoms with E-state index >= 15 is 0 Å². The zero-order chi connectivity index (χ0) is 15.6. The van der Waals surface area contributed by atoms with Crippen LogP contribution in [0.2, 0.25) is 0 Å². The predicted octanol–water partition coefficient (Wildman–Crippen LogP) is 3.39. The summed E-state index contributed by atoms with van der Waals surface area (Å²) < 4.78 is 13.8. The van der Waals surface area contributed by atoms with Gasteiger partial charge in [0.05, 0.1) is 14.4 Å². The molecule has 1 saturated carbocycles. The molecule has 21 heavy (non-hydrogen) atoms. The molecule has 8 heteroatoms. The van der Waals surface area contributed by atoms with Crippen LogP contribution in [-0.4, -0.2) is 22.0 Å². The Morgan fingerprint density at radius 1 is 1.48 bits per heavy atom. The second kappa shape index (κ2) is 6.54. The standard InChI is InChI=1S/C13H14FIN2O4/c14-9-5-11(12(17(20)21)6-10(9)15)16-8-3-1-2-7(4-8)13(18)19/h5-8,16H,1-4H2,(H,18,19). The lowest BCUT2D eigenvalue weighted by Crippen LogP contribution is -2.31. The number of benzene rings is 1. The highest BCUT2D eigenvalue weighted by molar-refractivity contribution is 14.1. The van der Waals surface area contributed by atoms with Crippen molar-refractivity contribution in [1.82, 2.24) is 0 Å². The summed E-state index contributed by atoms with van der Waals surface area (Å²) in [4.78, 5) is 21.5. The summed E-state index contributed by atoms with van der Waals surface area (Å²) in [7, 11) is 0. The number of carboxylic acids is 1. The fourth-order valence-corrected chi connectivity index (χ4v) is 3.02. The van der Waals surface area contributed by atoms with Gasteiger partial charge in [-0.1, -0.05) is 6.42 Å². The lowest BCUT2D eigenvalue weighted by atomic mass is 9.85. The third-order valence-electron chi connectivity index (χ3n) is 3.62. The first-order chi connectivity index (χ1) is 9.88. The highest BCUT2D eigenvalue weighted by Crippen LogP contribution is 2.32. The minimum absolute atomic E-state index is 0.106. The molecule has 0 radical (unpaired) electrons. The molecule has 0 amide bonds. The summed E-state index contributed by atoms with van der Waals surface area (Å²) in [6.07, 6.45) is 2.45. The van der Waals surface area contributed by atoms with Gasteiger partial charge in [-0.3, -0.25) is 14.9 Å². The van der Waals surface area contributed by atoms with Gasteiger partial charge in [0.1, 0.15) is 11.5 Å². The van der Waals surface area contributed by atoms with Crippen LogP contribution in [-0.2, 0) is 4.79 Å². The molecule has 1 fully saturated rings. The van der Waals surface area contributed by atoms with Crippen LogP contribution >= 0.6 is 22.6 Å². The normalized spacial score (nSPS) is 21.8. The average Bonchev–Trinajstić information content (AvgIpc) is 2.42. The predicted molar refractivity (Wildman–Crippen MR) is 82.8 cm³/mol. The second-order valence-corrected chi connectivity index (χ2v) is 6.25. The molecule has 0 aromatic heterocycles. The van der Waals surface area contributed by atoms with Crippen molar-refractivity contribution in [2.75, 3.05) is 5.32 Å². The van der Waals surface area contributed by atoms with Gasteiger partial charge in [-0.15, -0.1) is 0 Å². The van der Waals surface area contributed by atoms with E-state index in [0.717, 1.165) is 12.5 Å². The molecule has 6 nitrogen and oxygen atoms in total. The van der Waals surface area contributed by atoms with E-state index in [-0.39, 0.29) is 21.0 Å². The highest BCUT2D eigenvalue weighted by atomic mass is 127. The van der Waals surface area contributed by atoms with Gasteiger partial charge in [0, 0.05) is 18.2 Å². The smallest absolute Gasteiger partial charge is 0.306 e. The Balaban J connectivity index is 2.20. The quantitative estimate of drug-likeness (QED) is 0.453. The van der Waals surface area contributed by atoms with Gasteiger partial charge in [0.15, 0.2) is 0 Å². The number of nitro groups is 1. The maximum Gasteiger partial charge on any atom is 0.306 e. The number of nitrogens with one attached hydrogen (secondary N) is 1. The van der Waals surface area contributed by atoms with E-state index in [4.69, 9.17) is 5.11 Å². The Kier molecular flexibility index (Phi) is 4.96. The third kappa shape index (κ3) is 3.80. The molecule has 1 aliphatic rings. The van der Waals surface area contributed by atoms with Crippen molar-refractivity contribution in [3.63, 3.8) is 0 Å². The maximum atomic E-state index is 13.6. The van der Waals surface area contributed by atoms with E-state index < -0.39 is 22.6 Å². The molecule has 0 heterocycles. The number of aliphatic carboxylic acids is 1. The molecule has 2 N–H and O–H groups in total. The molecular weight excluding hydrogens is 394 g/mol. The van der Waals surface area contributed by atoms with E-state index in [2.05, 4.69) is 5.32 Å². The summed E-state index contributed by atoms with van der Waals surface area (Å²) >= 11 is 1.70. The third-order valence-corrected chi connectivity index (χ3v) is 4.45. The number of carboxylic acid groups (broad SMARTS) is 1. The van der Waals surface area contributed by atoms with Crippen LogP contribution in [0.4, 0.5) is 15.8 Å². The van der Waals surface area contributed by atoms with E-state index in [1.165, 1.54) is 6.07 Å². The summed E-state index contributed by atoms with van der Waals surface area (Å²) in [5.74, 6) is -1.84. The Bertz CT molecular complexity index is 582. The number of nitro benzene ring substituents is 1. The van der Waals surface area contributed by atoms with Crippen molar-refractivity contribution in [3.05, 3.63) is 31.6 Å². The summed E-state index contributed by atoms with van der Waals surface area (Å²) in [5.41, 5.74) is -0.0906. The molecule has 0 spiro atoms. The molecule has 1 aromatic carbocycles. The van der Waals surface area contributed by atoms with E-state index in [0.29, 0.717) is 19.3 Å². The summed E-state index contributed by atoms with van der Waals surface area (Å²) in [6.45, 7) is 0. The Morgan fingerprint density at radius 2 is 2.19 bits per heavy atom. The number of rotatable bonds is 4. The van der Waals surface area contributed by atoms with Crippen LogP contribution in [0, 0.1) is 25.4 Å². The molecule has 2 atom stereocenters. The Labute approximate surface area is 134 Å². The first-order valence-corrected chi connectivity index (χ1v) is 7.59. The van der Waals surface area contributed by atoms with Crippen LogP contribution in [0.1, 0.15) is 25.7 Å². The van der Waals surface area contributed by atoms with Crippen LogP contribution in [0.15, 0.2) is 12.1 Å². The monoisotopic (exact) mass is 408 g/mol. The minimum Gasteiger partial charge on any atom is -0.481 e. The van der Waals surface area contributed by atoms with Gasteiger partial charge < -0.3 is 10.4 Å². The van der Waals surface area contributed by atoms with Crippen LogP contribution in [0.25, 0.3) is 0 Å². The zero-order valence-electron chi connectivity index (χ0n) is 11.0. The van der Waals surface area contributed by atoms with Gasteiger partial charge in [0.2, 0.25) is 0 Å². The molecule has 1 aromatic rings. The first kappa shape index (κ1) is 15.9. The lowest BCUT2D eigenvalue weighted by Gasteiger charge is -2.28. The topological polar surface area (TPSA) is 92.5 Å². The van der Waals surface area contributed by atoms with Crippen LogP contribution in [0.3, 0.4) is 0 Å². The van der Waals surface area contributed by atoms with Crippen molar-refractivity contribution in [2.24, 2.45) is 5.92 Å². The fraction of sp³-hybridized carbons (Fsp3) is 0.462. The molecule has 114 valence electrons. The summed E-state index contributed by atoms with van der Waals surface area (Å²) in [6, 6.07) is 2.08. The van der Waals surface area contributed by atoms with Gasteiger partial charge in [-0.25, -0.2) is 4.39 Å². The SMILES string of the molecule is O=C(O)C1CCCC(Nc2cc(F)c(I)cc2[N+](=O)[O-])C1. The largest absolute Gasteiger partial charge is 0.481 e. The van der Waals surface area contributed by atoms with Crippen LogP contribution < -0.4 is 5.32 Å². The molecule has 1 aliphatic carbocycles. The molecule has 2 unspecified atom stereocenters. The zero-order valence-corrected chi connectivity index (χ0v) is 13.2. The average molecular weight is 408 g/mol. The van der Waals surface area contributed by atoms with E-state index in [1.54, 1.807) is 22.6 Å². The molecular formula is C13H14FIN2O4. The molecule has 0 aliphatic heterocycles. The van der Waals surface area contributed by atoms with Crippen molar-refractivity contribution in [1.29, 1.82) is 0 Å². The Hall–Kier alpha value is -1.45.